The van der Waals surface area contributed by atoms with Crippen molar-refractivity contribution in [1.29, 1.82) is 0 Å². The van der Waals surface area contributed by atoms with E-state index >= 15 is 0 Å². The van der Waals surface area contributed by atoms with E-state index in [9.17, 15) is 18.4 Å². The first kappa shape index (κ1) is 15.0. The molecule has 1 aromatic rings. The van der Waals surface area contributed by atoms with Crippen LogP contribution in [0.15, 0.2) is 18.2 Å². The van der Waals surface area contributed by atoms with Gasteiger partial charge in [-0.05, 0) is 12.1 Å². The average Bonchev–Trinajstić information content (AvgIpc) is 2.39. The van der Waals surface area contributed by atoms with Crippen LogP contribution >= 0.6 is 0 Å². The molecule has 0 heterocycles. The Hall–Kier alpha value is -2.02. The number of halogens is 2. The van der Waals surface area contributed by atoms with Crippen molar-refractivity contribution >= 4 is 17.6 Å². The number of benzene rings is 1. The number of amides is 1. The van der Waals surface area contributed by atoms with Crippen molar-refractivity contribution in [3.63, 3.8) is 0 Å². The fourth-order valence-electron chi connectivity index (χ4n) is 1.30. The first-order valence-electron chi connectivity index (χ1n) is 5.56. The highest BCUT2D eigenvalue weighted by atomic mass is 19.1. The minimum absolute atomic E-state index is 0.109. The number of carbonyl (C=O) groups excluding carboxylic acids is 2. The van der Waals surface area contributed by atoms with Gasteiger partial charge in [-0.2, -0.15) is 0 Å². The maximum atomic E-state index is 13.2. The molecule has 0 aromatic heterocycles. The smallest absolute Gasteiger partial charge is 0.306 e. The largest absolute Gasteiger partial charge is 0.469 e. The predicted octanol–water partition coefficient (Wildman–Crippen LogP) is 1.06. The van der Waals surface area contributed by atoms with Crippen LogP contribution in [0, 0.1) is 11.6 Å². The molecule has 0 bridgehead atoms. The number of nitrogens with one attached hydrogen (secondary N) is 2. The first-order chi connectivity index (χ1) is 9.04. The number of methoxy groups -OCH3 is 1. The first-order valence-corrected chi connectivity index (χ1v) is 5.56. The number of ether oxygens (including phenoxy) is 1. The normalized spacial score (nSPS) is 10.1. The maximum Gasteiger partial charge on any atom is 0.306 e. The summed E-state index contributed by atoms with van der Waals surface area (Å²) in [4.78, 5) is 22.2. The van der Waals surface area contributed by atoms with Crippen LogP contribution in [0.1, 0.15) is 6.42 Å². The van der Waals surface area contributed by atoms with Gasteiger partial charge in [-0.25, -0.2) is 8.78 Å². The Kier molecular flexibility index (Phi) is 5.87. The van der Waals surface area contributed by atoms with Crippen LogP contribution in [0.3, 0.4) is 0 Å². The molecule has 19 heavy (non-hydrogen) atoms. The topological polar surface area (TPSA) is 67.4 Å². The van der Waals surface area contributed by atoms with Gasteiger partial charge >= 0.3 is 5.97 Å². The fraction of sp³-hybridized carbons (Fsp3) is 0.333. The van der Waals surface area contributed by atoms with E-state index in [0.29, 0.717) is 0 Å². The van der Waals surface area contributed by atoms with Crippen LogP contribution in [-0.4, -0.2) is 32.1 Å². The highest BCUT2D eigenvalue weighted by Crippen LogP contribution is 2.17. The molecule has 0 fully saturated rings. The molecular formula is C12H14F2N2O3. The molecule has 0 spiro atoms. The van der Waals surface area contributed by atoms with Gasteiger partial charge in [-0.15, -0.1) is 0 Å². The standard InChI is InChI=1S/C12H14F2N2O3/c1-19-11(18)5-6-15-7-10(17)16-12-8(13)3-2-4-9(12)14/h2-4,15H,5-7H2,1H3,(H,16,17). The molecule has 1 aromatic carbocycles. The molecule has 0 aliphatic rings. The molecular weight excluding hydrogens is 258 g/mol. The molecule has 0 saturated carbocycles. The summed E-state index contributed by atoms with van der Waals surface area (Å²) < 4.78 is 30.8. The monoisotopic (exact) mass is 272 g/mol. The number of hydrogen-bond donors (Lipinski definition) is 2. The van der Waals surface area contributed by atoms with Gasteiger partial charge in [0.15, 0.2) is 0 Å². The summed E-state index contributed by atoms with van der Waals surface area (Å²) in [5, 5.41) is 4.76. The van der Waals surface area contributed by atoms with Crippen LogP contribution < -0.4 is 10.6 Å². The molecule has 1 amide bonds. The molecule has 0 aliphatic carbocycles. The lowest BCUT2D eigenvalue weighted by atomic mass is 10.3. The van der Waals surface area contributed by atoms with Crippen molar-refractivity contribution in [2.75, 3.05) is 25.5 Å². The van der Waals surface area contributed by atoms with Crippen LogP contribution in [0.5, 0.6) is 0 Å². The Morgan fingerprint density at radius 2 is 1.89 bits per heavy atom. The van der Waals surface area contributed by atoms with Gasteiger partial charge < -0.3 is 15.4 Å². The zero-order valence-corrected chi connectivity index (χ0v) is 10.3. The molecule has 0 unspecified atom stereocenters. The lowest BCUT2D eigenvalue weighted by Gasteiger charge is -2.08. The second kappa shape index (κ2) is 7.42. The van der Waals surface area contributed by atoms with Crippen LogP contribution in [0.2, 0.25) is 0 Å². The van der Waals surface area contributed by atoms with E-state index in [1.54, 1.807) is 0 Å². The van der Waals surface area contributed by atoms with Crippen molar-refractivity contribution in [3.05, 3.63) is 29.8 Å². The van der Waals surface area contributed by atoms with Gasteiger partial charge in [0.1, 0.15) is 17.3 Å². The third-order valence-electron chi connectivity index (χ3n) is 2.25. The van der Waals surface area contributed by atoms with E-state index in [-0.39, 0.29) is 19.5 Å². The third-order valence-corrected chi connectivity index (χ3v) is 2.25. The van der Waals surface area contributed by atoms with E-state index in [4.69, 9.17) is 0 Å². The van der Waals surface area contributed by atoms with Gasteiger partial charge in [0.05, 0.1) is 20.1 Å². The highest BCUT2D eigenvalue weighted by Gasteiger charge is 2.11. The quantitative estimate of drug-likeness (QED) is 0.600. The molecule has 2 N–H and O–H groups in total. The van der Waals surface area contributed by atoms with E-state index < -0.39 is 29.2 Å². The van der Waals surface area contributed by atoms with Crippen molar-refractivity contribution in [1.82, 2.24) is 5.32 Å². The van der Waals surface area contributed by atoms with E-state index in [0.717, 1.165) is 12.1 Å². The molecule has 7 heteroatoms. The van der Waals surface area contributed by atoms with Crippen LogP contribution in [0.25, 0.3) is 0 Å². The lowest BCUT2D eigenvalue weighted by Crippen LogP contribution is -2.30. The number of rotatable bonds is 6. The Labute approximate surface area is 108 Å². The van der Waals surface area contributed by atoms with E-state index in [1.165, 1.54) is 13.2 Å². The molecule has 0 saturated heterocycles. The summed E-state index contributed by atoms with van der Waals surface area (Å²) in [5.41, 5.74) is -0.484. The van der Waals surface area contributed by atoms with Crippen LogP contribution in [0.4, 0.5) is 14.5 Å². The molecule has 104 valence electrons. The summed E-state index contributed by atoms with van der Waals surface area (Å²) >= 11 is 0. The summed E-state index contributed by atoms with van der Waals surface area (Å²) in [7, 11) is 1.26. The van der Waals surface area contributed by atoms with Crippen molar-refractivity contribution in [3.8, 4) is 0 Å². The fourth-order valence-corrected chi connectivity index (χ4v) is 1.30. The SMILES string of the molecule is COC(=O)CCNCC(=O)Nc1c(F)cccc1F. The van der Waals surface area contributed by atoms with Crippen molar-refractivity contribution in [2.45, 2.75) is 6.42 Å². The average molecular weight is 272 g/mol. The number of anilines is 1. The predicted molar refractivity (Wildman–Crippen MR) is 64.5 cm³/mol. The zero-order valence-electron chi connectivity index (χ0n) is 10.3. The minimum atomic E-state index is -0.845. The van der Waals surface area contributed by atoms with Crippen molar-refractivity contribution < 1.29 is 23.1 Å². The minimum Gasteiger partial charge on any atom is -0.469 e. The van der Waals surface area contributed by atoms with Crippen molar-refractivity contribution in [2.24, 2.45) is 0 Å². The summed E-state index contributed by atoms with van der Waals surface area (Å²) in [6.45, 7) is 0.0740. The number of carbonyl (C=O) groups is 2. The second-order valence-electron chi connectivity index (χ2n) is 3.65. The zero-order chi connectivity index (χ0) is 14.3. The molecule has 5 nitrogen and oxygen atoms in total. The Morgan fingerprint density at radius 3 is 2.47 bits per heavy atom. The molecule has 0 atom stereocenters. The Bertz CT molecular complexity index is 446. The van der Waals surface area contributed by atoms with Gasteiger partial charge in [-0.3, -0.25) is 9.59 Å². The summed E-state index contributed by atoms with van der Waals surface area (Å²) in [6.07, 6.45) is 0.109. The Balaban J connectivity index is 2.37. The van der Waals surface area contributed by atoms with Gasteiger partial charge in [0.2, 0.25) is 5.91 Å². The second-order valence-corrected chi connectivity index (χ2v) is 3.65. The number of esters is 1. The molecule has 0 aliphatic heterocycles. The number of para-hydroxylation sites is 1. The van der Waals surface area contributed by atoms with Gasteiger partial charge in [-0.1, -0.05) is 6.07 Å². The van der Waals surface area contributed by atoms with Gasteiger partial charge in [0.25, 0.3) is 0 Å². The Morgan fingerprint density at radius 1 is 1.26 bits per heavy atom. The maximum absolute atomic E-state index is 13.2. The van der Waals surface area contributed by atoms with E-state index in [1.807, 2.05) is 0 Å². The van der Waals surface area contributed by atoms with Crippen LogP contribution in [-0.2, 0) is 14.3 Å². The summed E-state index contributed by atoms with van der Waals surface area (Å²) in [6, 6.07) is 3.29. The summed E-state index contributed by atoms with van der Waals surface area (Å²) in [5.74, 6) is -2.70. The third kappa shape index (κ3) is 5.01. The number of hydrogen-bond acceptors (Lipinski definition) is 4. The molecule has 1 rings (SSSR count). The van der Waals surface area contributed by atoms with Gasteiger partial charge in [0, 0.05) is 6.54 Å². The highest BCUT2D eigenvalue weighted by molar-refractivity contribution is 5.92. The lowest BCUT2D eigenvalue weighted by molar-refractivity contribution is -0.140. The molecule has 0 radical (unpaired) electrons. The van der Waals surface area contributed by atoms with E-state index in [2.05, 4.69) is 15.4 Å².